The maximum atomic E-state index is 11.7. The van der Waals surface area contributed by atoms with Crippen LogP contribution in [0.3, 0.4) is 0 Å². The number of ether oxygens (including phenoxy) is 1. The molecule has 0 saturated carbocycles. The van der Waals surface area contributed by atoms with Crippen LogP contribution in [0.15, 0.2) is 272 Å². The van der Waals surface area contributed by atoms with Gasteiger partial charge in [0.15, 0.2) is 0 Å². The van der Waals surface area contributed by atoms with Crippen molar-refractivity contribution in [2.24, 2.45) is 0 Å². The van der Waals surface area contributed by atoms with Crippen molar-refractivity contribution in [1.29, 1.82) is 0 Å². The molecule has 0 spiro atoms. The zero-order valence-electron chi connectivity index (χ0n) is 53.0. The third-order valence-electron chi connectivity index (χ3n) is 17.5. The summed E-state index contributed by atoms with van der Waals surface area (Å²) in [6, 6.07) is 94.3. The van der Waals surface area contributed by atoms with Crippen molar-refractivity contribution in [3.8, 4) is 0 Å². The van der Waals surface area contributed by atoms with Crippen LogP contribution in [-0.4, -0.2) is 66.3 Å². The molecular formula is C77H96O4P4S+4. The second kappa shape index (κ2) is 32.2. The fourth-order valence-electron chi connectivity index (χ4n) is 13.9. The highest BCUT2D eigenvalue weighted by Gasteiger charge is 2.54. The first-order chi connectivity index (χ1) is 41.4. The molecule has 10 rings (SSSR count). The van der Waals surface area contributed by atoms with Gasteiger partial charge in [0, 0.05) is 18.9 Å². The molecule has 1 fully saturated rings. The Kier molecular flexibility index (Phi) is 25.5. The highest BCUT2D eigenvalue weighted by molar-refractivity contribution is 7.96. The van der Waals surface area contributed by atoms with Crippen molar-refractivity contribution in [2.45, 2.75) is 134 Å². The number of rotatable bonds is 18. The van der Waals surface area contributed by atoms with E-state index in [2.05, 4.69) is 282 Å². The average Bonchev–Trinajstić information content (AvgIpc) is 1.36. The molecule has 4 nitrogen and oxygen atoms in total. The topological polar surface area (TPSA) is 63.6 Å². The number of benzene rings is 9. The molecule has 0 atom stereocenters. The molecule has 0 aliphatic carbocycles. The van der Waals surface area contributed by atoms with E-state index < -0.39 is 39.2 Å². The predicted octanol–water partition coefficient (Wildman–Crippen LogP) is 16.8. The van der Waals surface area contributed by atoms with Gasteiger partial charge in [-0.15, -0.1) is 0 Å². The van der Waals surface area contributed by atoms with Crippen LogP contribution >= 0.6 is 29.0 Å². The molecule has 0 radical (unpaired) electrons. The van der Waals surface area contributed by atoms with Gasteiger partial charge in [0.2, 0.25) is 0 Å². The molecule has 1 N–H and O–H groups in total. The third-order valence-corrected chi connectivity index (χ3v) is 39.7. The lowest BCUT2D eigenvalue weighted by Gasteiger charge is -2.39. The third kappa shape index (κ3) is 15.2. The fourth-order valence-corrected chi connectivity index (χ4v) is 34.5. The van der Waals surface area contributed by atoms with Gasteiger partial charge in [-0.2, -0.15) is 8.42 Å². The Hall–Kier alpha value is -5.43. The second-order valence-corrected chi connectivity index (χ2v) is 42.5. The van der Waals surface area contributed by atoms with Crippen LogP contribution in [0.5, 0.6) is 0 Å². The summed E-state index contributed by atoms with van der Waals surface area (Å²) < 4.78 is 38.7. The molecule has 9 heteroatoms. The monoisotopic (exact) mass is 1240 g/mol. The van der Waals surface area contributed by atoms with Gasteiger partial charge in [-0.05, 0) is 185 Å². The molecule has 450 valence electrons. The minimum Gasteiger partial charge on any atom is -0.381 e. The molecule has 9 aromatic carbocycles. The van der Waals surface area contributed by atoms with E-state index in [1.54, 1.807) is 33.4 Å². The van der Waals surface area contributed by atoms with Crippen LogP contribution in [0.2, 0.25) is 0 Å². The Morgan fingerprint density at radius 2 is 0.698 bits per heavy atom. The summed E-state index contributed by atoms with van der Waals surface area (Å²) in [6.45, 7) is 27.6. The van der Waals surface area contributed by atoms with Gasteiger partial charge in [0.25, 0.3) is 10.1 Å². The normalized spacial score (nSPS) is 13.3. The minimum atomic E-state index is -4.26. The standard InChI is InChI=1S/C21H21O3PS.C20H26OP.2C18H24P/c1-17(2)25(18-10-5-3-6-11-18,19-12-7-4-8-13-19)20-14-9-15-21(16-20)26(22,23)24;1-17(2)22(18-9-5-3-6-10-18,19-11-7-4-8-12-19)20-13-15-21-16-14-20;1-15(2)19(16(3)4,17-11-7-5-8-12-17)18-13-9-6-10-14-18;1-4-15-19(16(2)3,17-11-7-5-8-12-17)18-13-9-6-10-14-18/h3-17H,1-2H3;3-12,17,20H,13-16H2,1-2H3;5-16H,1-4H3;5-14,16H,4,15H2,1-3H3/q;3*+1/p+1. The van der Waals surface area contributed by atoms with Crippen LogP contribution in [0.1, 0.15) is 95.4 Å². The molecule has 1 saturated heterocycles. The van der Waals surface area contributed by atoms with Gasteiger partial charge >= 0.3 is 0 Å². The van der Waals surface area contributed by atoms with E-state index in [1.807, 2.05) is 42.5 Å². The first-order valence-corrected chi connectivity index (χ1v) is 40.3. The fraction of sp³-hybridized carbons (Fsp3) is 0.299. The molecule has 1 aliphatic heterocycles. The highest BCUT2D eigenvalue weighted by Crippen LogP contribution is 2.67. The number of hydrogen-bond donors (Lipinski definition) is 1. The molecule has 86 heavy (non-hydrogen) atoms. The van der Waals surface area contributed by atoms with Crippen LogP contribution in [0, 0.1) is 0 Å². The molecule has 0 unspecified atom stereocenters. The van der Waals surface area contributed by atoms with Crippen molar-refractivity contribution in [3.63, 3.8) is 0 Å². The lowest BCUT2D eigenvalue weighted by molar-refractivity contribution is 0.0988. The molecule has 0 aromatic heterocycles. The van der Waals surface area contributed by atoms with Crippen LogP contribution in [-0.2, 0) is 14.9 Å². The largest absolute Gasteiger partial charge is 0.381 e. The molecule has 1 aliphatic rings. The second-order valence-electron chi connectivity index (χ2n) is 23.8. The summed E-state index contributed by atoms with van der Waals surface area (Å²) >= 11 is 0. The summed E-state index contributed by atoms with van der Waals surface area (Å²) in [5, 5.41) is 12.6. The maximum absolute atomic E-state index is 11.7. The Morgan fingerprint density at radius 1 is 0.384 bits per heavy atom. The van der Waals surface area contributed by atoms with E-state index >= 15 is 0 Å². The van der Waals surface area contributed by atoms with Gasteiger partial charge in [-0.1, -0.05) is 159 Å². The number of hydrogen-bond acceptors (Lipinski definition) is 3. The van der Waals surface area contributed by atoms with Crippen molar-refractivity contribution < 1.29 is 17.7 Å². The van der Waals surface area contributed by atoms with E-state index in [9.17, 15) is 13.0 Å². The molecule has 0 amide bonds. The van der Waals surface area contributed by atoms with E-state index in [0.717, 1.165) is 24.2 Å². The lowest BCUT2D eigenvalue weighted by Crippen LogP contribution is -2.39. The van der Waals surface area contributed by atoms with Gasteiger partial charge < -0.3 is 4.74 Å². The average molecular weight is 1240 g/mol. The smallest absolute Gasteiger partial charge is 0.294 e. The summed E-state index contributed by atoms with van der Waals surface area (Å²) in [5.74, 6) is 0. The van der Waals surface area contributed by atoms with E-state index in [1.165, 1.54) is 52.7 Å². The summed E-state index contributed by atoms with van der Waals surface area (Å²) in [5.41, 5.74) is 3.67. The highest BCUT2D eigenvalue weighted by atomic mass is 32.2. The van der Waals surface area contributed by atoms with Crippen molar-refractivity contribution >= 4 is 86.9 Å². The summed E-state index contributed by atoms with van der Waals surface area (Å²) in [6.07, 6.45) is 4.93. The maximum Gasteiger partial charge on any atom is 0.294 e. The van der Waals surface area contributed by atoms with Crippen molar-refractivity contribution in [2.75, 3.05) is 19.4 Å². The first kappa shape index (κ1) is 68.1. The van der Waals surface area contributed by atoms with E-state index in [-0.39, 0.29) is 10.6 Å². The predicted molar refractivity (Wildman–Crippen MR) is 387 cm³/mol. The SMILES string of the molecule is CC(C)[P+](c1ccccc1)(c1ccccc1)C(C)C.CC(C)[P+](c1ccccc1)(c1ccccc1)C1CCOCC1.CC(C)[P+](c1ccccc1)(c1ccccc1)c1cccc(S(=O)(=O)O)c1.CCC[P+](c1ccccc1)(c1ccccc1)C(C)C. The summed E-state index contributed by atoms with van der Waals surface area (Å²) in [7, 11) is -10.4. The van der Waals surface area contributed by atoms with Crippen molar-refractivity contribution in [3.05, 3.63) is 267 Å². The van der Waals surface area contributed by atoms with Crippen LogP contribution < -0.4 is 47.7 Å². The van der Waals surface area contributed by atoms with Crippen LogP contribution in [0.4, 0.5) is 0 Å². The Morgan fingerprint density at radius 3 is 0.988 bits per heavy atom. The van der Waals surface area contributed by atoms with E-state index in [0.29, 0.717) is 22.6 Å². The minimum absolute atomic E-state index is 0.0631. The Labute approximate surface area is 521 Å². The lowest BCUT2D eigenvalue weighted by atomic mass is 10.2. The molecule has 9 aromatic rings. The van der Waals surface area contributed by atoms with Crippen molar-refractivity contribution in [1.82, 2.24) is 0 Å². The van der Waals surface area contributed by atoms with Crippen LogP contribution in [0.25, 0.3) is 0 Å². The zero-order valence-corrected chi connectivity index (χ0v) is 57.4. The van der Waals surface area contributed by atoms with Gasteiger partial charge in [-0.3, -0.25) is 4.55 Å². The molecule has 1 heterocycles. The quantitative estimate of drug-likeness (QED) is 0.0687. The van der Waals surface area contributed by atoms with Gasteiger partial charge in [0.1, 0.15) is 23.2 Å². The van der Waals surface area contributed by atoms with E-state index in [4.69, 9.17) is 4.74 Å². The summed E-state index contributed by atoms with van der Waals surface area (Å²) in [4.78, 5) is -0.0631. The van der Waals surface area contributed by atoms with Gasteiger partial charge in [0.05, 0.1) is 112 Å². The Balaban J connectivity index is 0.000000165. The molecular weight excluding hydrogens is 1140 g/mol. The van der Waals surface area contributed by atoms with Gasteiger partial charge in [-0.25, -0.2) is 0 Å². The molecule has 0 bridgehead atoms. The zero-order chi connectivity index (χ0) is 61.8. The first-order valence-electron chi connectivity index (χ1n) is 31.1. The Bertz CT molecular complexity index is 3310.